The van der Waals surface area contributed by atoms with Gasteiger partial charge in [0, 0.05) is 17.8 Å². The first-order valence-corrected chi connectivity index (χ1v) is 4.42. The minimum atomic E-state index is -0.145. The predicted molar refractivity (Wildman–Crippen MR) is 56.0 cm³/mol. The van der Waals surface area contributed by atoms with Crippen LogP contribution in [-0.4, -0.2) is 30.0 Å². The zero-order valence-electron chi connectivity index (χ0n) is 7.83. The van der Waals surface area contributed by atoms with Crippen molar-refractivity contribution in [2.24, 2.45) is 0 Å². The predicted octanol–water partition coefficient (Wildman–Crippen LogP) is 0.435. The number of rotatable bonds is 3. The highest BCUT2D eigenvalue weighted by Gasteiger charge is 1.96. The van der Waals surface area contributed by atoms with Gasteiger partial charge in [-0.2, -0.15) is 0 Å². The number of aliphatic hydroxyl groups excluding tert-OH is 2. The summed E-state index contributed by atoms with van der Waals surface area (Å²) in [5.41, 5.74) is 1.71. The summed E-state index contributed by atoms with van der Waals surface area (Å²) in [4.78, 5) is 0. The highest BCUT2D eigenvalue weighted by molar-refractivity contribution is 5.58. The third-order valence-electron chi connectivity index (χ3n) is 1.66. The summed E-state index contributed by atoms with van der Waals surface area (Å²) in [6, 6.07) is 7.52. The van der Waals surface area contributed by atoms with Crippen LogP contribution < -0.4 is 5.32 Å². The highest BCUT2D eigenvalue weighted by atomic mass is 16.3. The van der Waals surface area contributed by atoms with Gasteiger partial charge in [-0.15, -0.1) is 0 Å². The van der Waals surface area contributed by atoms with Gasteiger partial charge in [-0.25, -0.2) is 0 Å². The van der Waals surface area contributed by atoms with E-state index in [2.05, 4.69) is 17.2 Å². The Morgan fingerprint density at radius 1 is 1.21 bits per heavy atom. The third kappa shape index (κ3) is 3.09. The van der Waals surface area contributed by atoms with Crippen LogP contribution >= 0.6 is 0 Å². The van der Waals surface area contributed by atoms with Crippen molar-refractivity contribution >= 4 is 5.69 Å². The maximum Gasteiger partial charge on any atom is 0.104 e. The van der Waals surface area contributed by atoms with E-state index in [1.54, 1.807) is 0 Å². The molecule has 0 heterocycles. The van der Waals surface area contributed by atoms with Crippen LogP contribution in [0.5, 0.6) is 0 Å². The minimum Gasteiger partial charge on any atom is -0.395 e. The Labute approximate surface area is 83.4 Å². The lowest BCUT2D eigenvalue weighted by Crippen LogP contribution is -2.06. The van der Waals surface area contributed by atoms with Gasteiger partial charge >= 0.3 is 0 Å². The molecule has 74 valence electrons. The molecule has 0 aliphatic rings. The van der Waals surface area contributed by atoms with Gasteiger partial charge in [-0.3, -0.25) is 0 Å². The number of aliphatic hydroxyl groups is 2. The third-order valence-corrected chi connectivity index (χ3v) is 1.66. The Kier molecular flexibility index (Phi) is 4.56. The first-order chi connectivity index (χ1) is 6.88. The molecule has 0 unspecified atom stereocenters. The molecule has 0 saturated carbocycles. The van der Waals surface area contributed by atoms with Crippen LogP contribution in [0.15, 0.2) is 24.3 Å². The Bertz CT molecular complexity index is 339. The number of hydrogen-bond acceptors (Lipinski definition) is 3. The summed E-state index contributed by atoms with van der Waals surface area (Å²) >= 11 is 0. The van der Waals surface area contributed by atoms with E-state index in [-0.39, 0.29) is 13.2 Å². The Hall–Kier alpha value is -1.50. The van der Waals surface area contributed by atoms with Crippen LogP contribution in [-0.2, 0) is 0 Å². The lowest BCUT2D eigenvalue weighted by atomic mass is 10.2. The van der Waals surface area contributed by atoms with Crippen molar-refractivity contribution in [1.82, 2.24) is 0 Å². The second-order valence-electron chi connectivity index (χ2n) is 2.66. The van der Waals surface area contributed by atoms with Crippen molar-refractivity contribution in [3.63, 3.8) is 0 Å². The van der Waals surface area contributed by atoms with Gasteiger partial charge in [0.25, 0.3) is 0 Å². The summed E-state index contributed by atoms with van der Waals surface area (Å²) in [7, 11) is 0. The van der Waals surface area contributed by atoms with Crippen molar-refractivity contribution < 1.29 is 10.2 Å². The molecule has 0 aliphatic heterocycles. The van der Waals surface area contributed by atoms with Crippen LogP contribution in [0.25, 0.3) is 0 Å². The van der Waals surface area contributed by atoms with Crippen LogP contribution in [0.4, 0.5) is 5.69 Å². The Morgan fingerprint density at radius 3 is 2.71 bits per heavy atom. The summed E-state index contributed by atoms with van der Waals surface area (Å²) in [6.45, 7) is 0.438. The van der Waals surface area contributed by atoms with Crippen LogP contribution in [0.3, 0.4) is 0 Å². The number of anilines is 1. The van der Waals surface area contributed by atoms with E-state index in [9.17, 15) is 0 Å². The SMILES string of the molecule is OCC#Cc1ccccc1NCCO. The number of nitrogens with one attached hydrogen (secondary N) is 1. The number of para-hydroxylation sites is 1. The van der Waals surface area contributed by atoms with Crippen LogP contribution in [0.2, 0.25) is 0 Å². The monoisotopic (exact) mass is 191 g/mol. The molecule has 0 amide bonds. The molecule has 3 N–H and O–H groups in total. The molecule has 3 heteroatoms. The van der Waals surface area contributed by atoms with E-state index >= 15 is 0 Å². The average molecular weight is 191 g/mol. The van der Waals surface area contributed by atoms with Crippen molar-refractivity contribution in [1.29, 1.82) is 0 Å². The lowest BCUT2D eigenvalue weighted by molar-refractivity contribution is 0.311. The Balaban J connectivity index is 2.80. The molecule has 1 aromatic rings. The maximum atomic E-state index is 8.66. The fourth-order valence-electron chi connectivity index (χ4n) is 1.07. The molecular weight excluding hydrogens is 178 g/mol. The van der Waals surface area contributed by atoms with E-state index in [0.717, 1.165) is 11.3 Å². The maximum absolute atomic E-state index is 8.66. The zero-order chi connectivity index (χ0) is 10.2. The van der Waals surface area contributed by atoms with Crippen molar-refractivity contribution in [3.05, 3.63) is 29.8 Å². The topological polar surface area (TPSA) is 52.5 Å². The minimum absolute atomic E-state index is 0.0851. The molecule has 0 aliphatic carbocycles. The number of hydrogen-bond donors (Lipinski definition) is 3. The smallest absolute Gasteiger partial charge is 0.104 e. The first-order valence-electron chi connectivity index (χ1n) is 4.42. The number of benzene rings is 1. The summed E-state index contributed by atoms with van der Waals surface area (Å²) in [5.74, 6) is 5.41. The van der Waals surface area contributed by atoms with E-state index in [1.807, 2.05) is 24.3 Å². The molecule has 0 atom stereocenters. The van der Waals surface area contributed by atoms with Gasteiger partial charge in [-0.1, -0.05) is 24.0 Å². The molecule has 0 bridgehead atoms. The molecule has 1 rings (SSSR count). The average Bonchev–Trinajstić information content (AvgIpc) is 2.24. The van der Waals surface area contributed by atoms with Crippen LogP contribution in [0.1, 0.15) is 5.56 Å². The van der Waals surface area contributed by atoms with Crippen LogP contribution in [0, 0.1) is 11.8 Å². The molecule has 3 nitrogen and oxygen atoms in total. The fourth-order valence-corrected chi connectivity index (χ4v) is 1.07. The highest BCUT2D eigenvalue weighted by Crippen LogP contribution is 2.12. The quantitative estimate of drug-likeness (QED) is 0.607. The van der Waals surface area contributed by atoms with E-state index in [4.69, 9.17) is 10.2 Å². The van der Waals surface area contributed by atoms with Gasteiger partial charge in [0.15, 0.2) is 0 Å². The summed E-state index contributed by atoms with van der Waals surface area (Å²) < 4.78 is 0. The lowest BCUT2D eigenvalue weighted by Gasteiger charge is -2.05. The molecular formula is C11H13NO2. The largest absolute Gasteiger partial charge is 0.395 e. The molecule has 0 fully saturated rings. The molecule has 1 aromatic carbocycles. The van der Waals surface area contributed by atoms with Crippen molar-refractivity contribution in [2.75, 3.05) is 25.1 Å². The van der Waals surface area contributed by atoms with E-state index in [1.165, 1.54) is 0 Å². The molecule has 0 spiro atoms. The molecule has 0 aromatic heterocycles. The normalized spacial score (nSPS) is 9.00. The summed E-state index contributed by atoms with van der Waals surface area (Å²) in [5, 5.41) is 20.3. The van der Waals surface area contributed by atoms with Gasteiger partial charge in [0.1, 0.15) is 6.61 Å². The first kappa shape index (κ1) is 10.6. The molecule has 14 heavy (non-hydrogen) atoms. The Morgan fingerprint density at radius 2 is 2.00 bits per heavy atom. The van der Waals surface area contributed by atoms with Crippen molar-refractivity contribution in [3.8, 4) is 11.8 Å². The van der Waals surface area contributed by atoms with Crippen molar-refractivity contribution in [2.45, 2.75) is 0 Å². The second-order valence-corrected chi connectivity index (χ2v) is 2.66. The van der Waals surface area contributed by atoms with Gasteiger partial charge in [-0.05, 0) is 12.1 Å². The van der Waals surface area contributed by atoms with Gasteiger partial charge in [0.05, 0.1) is 6.61 Å². The van der Waals surface area contributed by atoms with E-state index < -0.39 is 0 Å². The zero-order valence-corrected chi connectivity index (χ0v) is 7.83. The van der Waals surface area contributed by atoms with Gasteiger partial charge in [0.2, 0.25) is 0 Å². The van der Waals surface area contributed by atoms with Gasteiger partial charge < -0.3 is 15.5 Å². The standard InChI is InChI=1S/C11H13NO2/c13-8-3-5-10-4-1-2-6-11(10)12-7-9-14/h1-2,4,6,12-14H,7-9H2. The van der Waals surface area contributed by atoms with E-state index in [0.29, 0.717) is 6.54 Å². The summed E-state index contributed by atoms with van der Waals surface area (Å²) in [6.07, 6.45) is 0. The molecule has 0 saturated heterocycles. The fraction of sp³-hybridized carbons (Fsp3) is 0.273. The molecule has 0 radical (unpaired) electrons. The second kappa shape index (κ2) is 6.03.